The second-order valence-corrected chi connectivity index (χ2v) is 8.42. The molecule has 3 rings (SSSR count). The number of methoxy groups -OCH3 is 2. The van der Waals surface area contributed by atoms with Crippen LogP contribution in [0, 0.1) is 35.3 Å². The number of ether oxygens (including phenoxy) is 2. The van der Waals surface area contributed by atoms with Crippen LogP contribution in [0.25, 0.3) is 0 Å². The third-order valence-electron chi connectivity index (χ3n) is 5.82. The summed E-state index contributed by atoms with van der Waals surface area (Å²) in [6.45, 7) is 3.16. The molecular formula is C24H21BrN4O6. The number of nitro benzene ring substituents is 1. The smallest absolute Gasteiger partial charge is 0.355 e. The van der Waals surface area contributed by atoms with Gasteiger partial charge in [0.1, 0.15) is 11.5 Å². The van der Waals surface area contributed by atoms with Crippen LogP contribution in [0.1, 0.15) is 22.6 Å². The minimum absolute atomic E-state index is 0.00782. The van der Waals surface area contributed by atoms with E-state index in [1.165, 1.54) is 11.0 Å². The van der Waals surface area contributed by atoms with Gasteiger partial charge in [-0.2, -0.15) is 5.26 Å². The minimum atomic E-state index is -1.02. The van der Waals surface area contributed by atoms with Gasteiger partial charge in [0.05, 0.1) is 48.0 Å². The standard InChI is InChI=1S/C24H21BrN4O6/c1-12-13(2)20(16(25)10-17(12)29(32)33)28-21(24(31)35-4)19(23(30)34-3)18(15(11-26)22(28)27)14-8-6-5-7-9-14/h5-10,18H,27H2,1-4H3. The van der Waals surface area contributed by atoms with Crippen LogP contribution in [0.2, 0.25) is 0 Å². The Hall–Kier alpha value is -4.17. The van der Waals surface area contributed by atoms with Crippen molar-refractivity contribution in [3.8, 4) is 6.07 Å². The number of carbonyl (C=O) groups excluding carboxylic acids is 2. The molecule has 2 aromatic carbocycles. The minimum Gasteiger partial charge on any atom is -0.466 e. The zero-order valence-corrected chi connectivity index (χ0v) is 20.9. The van der Waals surface area contributed by atoms with Crippen molar-refractivity contribution in [2.75, 3.05) is 19.1 Å². The number of nitro groups is 1. The lowest BCUT2D eigenvalue weighted by molar-refractivity contribution is -0.385. The zero-order valence-electron chi connectivity index (χ0n) is 19.3. The number of nitriles is 1. The average molecular weight is 541 g/mol. The molecule has 0 aromatic heterocycles. The Morgan fingerprint density at radius 3 is 2.26 bits per heavy atom. The molecule has 1 aliphatic heterocycles. The predicted molar refractivity (Wildman–Crippen MR) is 130 cm³/mol. The monoisotopic (exact) mass is 540 g/mol. The number of rotatable bonds is 5. The van der Waals surface area contributed by atoms with Crippen LogP contribution >= 0.6 is 15.9 Å². The molecule has 0 spiro atoms. The Kier molecular flexibility index (Phi) is 7.26. The fourth-order valence-electron chi connectivity index (χ4n) is 4.06. The number of nitrogens with zero attached hydrogens (tertiary/aromatic N) is 3. The molecule has 11 heteroatoms. The van der Waals surface area contributed by atoms with Gasteiger partial charge in [0, 0.05) is 16.1 Å². The van der Waals surface area contributed by atoms with Gasteiger partial charge in [-0.15, -0.1) is 0 Å². The number of hydrogen-bond acceptors (Lipinski definition) is 9. The molecule has 1 atom stereocenters. The van der Waals surface area contributed by atoms with Crippen molar-refractivity contribution in [2.45, 2.75) is 19.8 Å². The maximum Gasteiger partial charge on any atom is 0.355 e. The maximum absolute atomic E-state index is 13.2. The van der Waals surface area contributed by atoms with Gasteiger partial charge in [-0.1, -0.05) is 30.3 Å². The molecule has 1 heterocycles. The first-order valence-corrected chi connectivity index (χ1v) is 11.0. The largest absolute Gasteiger partial charge is 0.466 e. The maximum atomic E-state index is 13.2. The molecule has 1 aliphatic rings. The van der Waals surface area contributed by atoms with Gasteiger partial charge in [0.15, 0.2) is 0 Å². The van der Waals surface area contributed by atoms with E-state index in [0.29, 0.717) is 16.7 Å². The van der Waals surface area contributed by atoms with Gasteiger partial charge >= 0.3 is 11.9 Å². The molecule has 180 valence electrons. The van der Waals surface area contributed by atoms with Crippen molar-refractivity contribution in [3.05, 3.63) is 90.3 Å². The van der Waals surface area contributed by atoms with Gasteiger partial charge in [0.25, 0.3) is 5.69 Å². The third kappa shape index (κ3) is 4.24. The second kappa shape index (κ2) is 9.99. The van der Waals surface area contributed by atoms with Crippen LogP contribution in [-0.4, -0.2) is 31.1 Å². The Morgan fingerprint density at radius 2 is 1.74 bits per heavy atom. The molecule has 35 heavy (non-hydrogen) atoms. The number of hydrogen-bond donors (Lipinski definition) is 1. The second-order valence-electron chi connectivity index (χ2n) is 7.57. The van der Waals surface area contributed by atoms with Crippen LogP contribution in [0.15, 0.2) is 63.5 Å². The van der Waals surface area contributed by atoms with Crippen molar-refractivity contribution < 1.29 is 24.0 Å². The summed E-state index contributed by atoms with van der Waals surface area (Å²) < 4.78 is 10.2. The lowest BCUT2D eigenvalue weighted by atomic mass is 9.80. The highest BCUT2D eigenvalue weighted by atomic mass is 79.9. The molecule has 0 bridgehead atoms. The summed E-state index contributed by atoms with van der Waals surface area (Å²) in [6, 6.07) is 11.9. The Labute approximate surface area is 209 Å². The highest BCUT2D eigenvalue weighted by molar-refractivity contribution is 9.10. The van der Waals surface area contributed by atoms with E-state index in [9.17, 15) is 25.0 Å². The number of carbonyl (C=O) groups is 2. The van der Waals surface area contributed by atoms with Gasteiger partial charge in [-0.3, -0.25) is 15.0 Å². The van der Waals surface area contributed by atoms with Crippen molar-refractivity contribution >= 4 is 39.2 Å². The molecule has 0 aliphatic carbocycles. The molecule has 1 unspecified atom stereocenters. The van der Waals surface area contributed by atoms with Crippen LogP contribution < -0.4 is 10.6 Å². The molecule has 10 nitrogen and oxygen atoms in total. The van der Waals surface area contributed by atoms with Crippen LogP contribution in [0.5, 0.6) is 0 Å². The van der Waals surface area contributed by atoms with E-state index in [0.717, 1.165) is 14.2 Å². The first-order chi connectivity index (χ1) is 16.6. The van der Waals surface area contributed by atoms with Crippen molar-refractivity contribution in [1.82, 2.24) is 0 Å². The van der Waals surface area contributed by atoms with E-state index >= 15 is 0 Å². The van der Waals surface area contributed by atoms with Gasteiger partial charge < -0.3 is 15.2 Å². The molecule has 0 saturated heterocycles. The summed E-state index contributed by atoms with van der Waals surface area (Å²) in [4.78, 5) is 38.5. The summed E-state index contributed by atoms with van der Waals surface area (Å²) in [5.74, 6) is -2.92. The number of benzene rings is 2. The SMILES string of the molecule is COC(=O)C1=C(C(=O)OC)N(c2c(Br)cc([N+](=O)[O-])c(C)c2C)C(N)=C(C#N)C1c1ccccc1. The van der Waals surface area contributed by atoms with Crippen molar-refractivity contribution in [3.63, 3.8) is 0 Å². The lowest BCUT2D eigenvalue weighted by Crippen LogP contribution is -2.41. The summed E-state index contributed by atoms with van der Waals surface area (Å²) >= 11 is 3.34. The summed E-state index contributed by atoms with van der Waals surface area (Å²) in [5, 5.41) is 21.6. The number of anilines is 1. The first kappa shape index (κ1) is 25.5. The molecule has 0 saturated carbocycles. The molecule has 2 aromatic rings. The highest BCUT2D eigenvalue weighted by Gasteiger charge is 2.44. The van der Waals surface area contributed by atoms with Gasteiger partial charge in [-0.05, 0) is 40.9 Å². The molecule has 2 N–H and O–H groups in total. The van der Waals surface area contributed by atoms with E-state index in [-0.39, 0.29) is 38.5 Å². The first-order valence-electron chi connectivity index (χ1n) is 10.2. The van der Waals surface area contributed by atoms with Crippen LogP contribution in [-0.2, 0) is 19.1 Å². The van der Waals surface area contributed by atoms with Crippen molar-refractivity contribution in [2.24, 2.45) is 5.73 Å². The third-order valence-corrected chi connectivity index (χ3v) is 6.43. The quantitative estimate of drug-likeness (QED) is 0.338. The highest BCUT2D eigenvalue weighted by Crippen LogP contribution is 2.47. The van der Waals surface area contributed by atoms with Crippen LogP contribution in [0.3, 0.4) is 0 Å². The van der Waals surface area contributed by atoms with Gasteiger partial charge in [0.2, 0.25) is 0 Å². The summed E-state index contributed by atoms with van der Waals surface area (Å²) in [7, 11) is 2.30. The van der Waals surface area contributed by atoms with Gasteiger partial charge in [-0.25, -0.2) is 9.59 Å². The number of allylic oxidation sites excluding steroid dienone is 1. The number of halogens is 1. The predicted octanol–water partition coefficient (Wildman–Crippen LogP) is 3.87. The topological polar surface area (TPSA) is 149 Å². The molecule has 0 radical (unpaired) electrons. The fraction of sp³-hybridized carbons (Fsp3) is 0.208. The summed E-state index contributed by atoms with van der Waals surface area (Å²) in [6.07, 6.45) is 0. The lowest BCUT2D eigenvalue weighted by Gasteiger charge is -2.37. The van der Waals surface area contributed by atoms with Crippen LogP contribution in [0.4, 0.5) is 11.4 Å². The number of esters is 2. The fourth-order valence-corrected chi connectivity index (χ4v) is 4.75. The Balaban J connectivity index is 2.51. The zero-order chi connectivity index (χ0) is 26.0. The average Bonchev–Trinajstić information content (AvgIpc) is 2.85. The Morgan fingerprint density at radius 1 is 1.14 bits per heavy atom. The van der Waals surface area contributed by atoms with E-state index in [2.05, 4.69) is 22.0 Å². The summed E-state index contributed by atoms with van der Waals surface area (Å²) in [5.41, 5.74) is 7.41. The van der Waals surface area contributed by atoms with E-state index in [4.69, 9.17) is 15.2 Å². The van der Waals surface area contributed by atoms with E-state index in [1.807, 2.05) is 0 Å². The molecular weight excluding hydrogens is 520 g/mol. The number of nitrogens with two attached hydrogens (primary N) is 1. The van der Waals surface area contributed by atoms with Crippen molar-refractivity contribution in [1.29, 1.82) is 5.26 Å². The normalized spacial score (nSPS) is 15.5. The molecule has 0 amide bonds. The van der Waals surface area contributed by atoms with E-state index in [1.54, 1.807) is 44.2 Å². The molecule has 0 fully saturated rings. The van der Waals surface area contributed by atoms with E-state index < -0.39 is 22.8 Å². The Bertz CT molecular complexity index is 1340.